The second-order valence-corrected chi connectivity index (χ2v) is 7.64. The number of esters is 1. The van der Waals surface area contributed by atoms with E-state index in [1.807, 2.05) is 36.4 Å². The van der Waals surface area contributed by atoms with Gasteiger partial charge in [-0.2, -0.15) is 0 Å². The van der Waals surface area contributed by atoms with Gasteiger partial charge in [0.15, 0.2) is 0 Å². The Balaban J connectivity index is 1.67. The van der Waals surface area contributed by atoms with Gasteiger partial charge in [-0.25, -0.2) is 9.59 Å². The number of hydrogen-bond acceptors (Lipinski definition) is 5. The lowest BCUT2D eigenvalue weighted by Gasteiger charge is -2.19. The molecule has 30 heavy (non-hydrogen) atoms. The minimum Gasteiger partial charge on any atom is -0.491 e. The van der Waals surface area contributed by atoms with Crippen LogP contribution in [0.15, 0.2) is 66.7 Å². The van der Waals surface area contributed by atoms with E-state index in [1.54, 1.807) is 51.1 Å². The number of nitrogens with one attached hydrogen (secondary N) is 1. The molecule has 3 aromatic carbocycles. The van der Waals surface area contributed by atoms with Gasteiger partial charge in [-0.1, -0.05) is 42.5 Å². The van der Waals surface area contributed by atoms with Gasteiger partial charge in [-0.15, -0.1) is 0 Å². The number of hydrogen-bond donors (Lipinski definition) is 1. The molecule has 3 aromatic rings. The first kappa shape index (κ1) is 21.2. The minimum absolute atomic E-state index is 0.270. The number of amides is 1. The first-order chi connectivity index (χ1) is 14.3. The Morgan fingerprint density at radius 1 is 0.833 bits per heavy atom. The summed E-state index contributed by atoms with van der Waals surface area (Å²) in [4.78, 5) is 24.1. The quantitative estimate of drug-likeness (QED) is 0.355. The van der Waals surface area contributed by atoms with Crippen LogP contribution in [0.4, 0.5) is 4.79 Å². The van der Waals surface area contributed by atoms with E-state index in [2.05, 4.69) is 5.32 Å². The molecular weight excluding hydrogens is 382 g/mol. The highest BCUT2D eigenvalue weighted by molar-refractivity contribution is 5.97. The van der Waals surface area contributed by atoms with Gasteiger partial charge in [0.25, 0.3) is 0 Å². The molecule has 1 amide bonds. The summed E-state index contributed by atoms with van der Waals surface area (Å²) in [6.07, 6.45) is -0.487. The van der Waals surface area contributed by atoms with Gasteiger partial charge in [-0.3, -0.25) is 0 Å². The molecule has 0 bridgehead atoms. The van der Waals surface area contributed by atoms with Crippen LogP contribution in [0, 0.1) is 0 Å². The fourth-order valence-corrected chi connectivity index (χ4v) is 2.83. The van der Waals surface area contributed by atoms with Gasteiger partial charge in [0.1, 0.15) is 23.7 Å². The summed E-state index contributed by atoms with van der Waals surface area (Å²) in [5, 5.41) is 4.23. The lowest BCUT2D eigenvalue weighted by atomic mass is 10.1. The number of benzene rings is 3. The summed E-state index contributed by atoms with van der Waals surface area (Å²) < 4.78 is 16.6. The molecule has 6 heteroatoms. The third-order valence-corrected chi connectivity index (χ3v) is 4.08. The van der Waals surface area contributed by atoms with E-state index in [-0.39, 0.29) is 6.61 Å². The zero-order chi connectivity index (χ0) is 21.6. The van der Waals surface area contributed by atoms with Crippen molar-refractivity contribution >= 4 is 22.8 Å². The fourth-order valence-electron chi connectivity index (χ4n) is 2.83. The molecule has 0 heterocycles. The highest BCUT2D eigenvalue weighted by Gasteiger charge is 2.16. The largest absolute Gasteiger partial charge is 0.491 e. The second kappa shape index (κ2) is 9.31. The summed E-state index contributed by atoms with van der Waals surface area (Å²) in [7, 11) is 0. The van der Waals surface area contributed by atoms with Gasteiger partial charge in [0, 0.05) is 10.8 Å². The van der Waals surface area contributed by atoms with Crippen molar-refractivity contribution < 1.29 is 23.8 Å². The van der Waals surface area contributed by atoms with Crippen LogP contribution in [0.5, 0.6) is 11.5 Å². The molecule has 1 N–H and O–H groups in total. The van der Waals surface area contributed by atoms with Crippen molar-refractivity contribution in [3.05, 3.63) is 72.3 Å². The summed E-state index contributed by atoms with van der Waals surface area (Å²) >= 11 is 0. The van der Waals surface area contributed by atoms with Crippen LogP contribution in [0.3, 0.4) is 0 Å². The third-order valence-electron chi connectivity index (χ3n) is 4.08. The molecule has 0 aliphatic heterocycles. The average Bonchev–Trinajstić information content (AvgIpc) is 2.71. The van der Waals surface area contributed by atoms with Crippen molar-refractivity contribution in [3.8, 4) is 11.5 Å². The SMILES string of the molecule is CC(C)(C)OC(=O)NCCOc1cccc2c(OC(=O)c3ccccc3)cccc12. The van der Waals surface area contributed by atoms with E-state index >= 15 is 0 Å². The van der Waals surface area contributed by atoms with Gasteiger partial charge in [-0.05, 0) is 45.0 Å². The lowest BCUT2D eigenvalue weighted by Crippen LogP contribution is -2.34. The highest BCUT2D eigenvalue weighted by atomic mass is 16.6. The van der Waals surface area contributed by atoms with Crippen molar-refractivity contribution in [1.82, 2.24) is 5.32 Å². The molecule has 0 radical (unpaired) electrons. The van der Waals surface area contributed by atoms with Gasteiger partial charge in [0.05, 0.1) is 12.1 Å². The van der Waals surface area contributed by atoms with Crippen LogP contribution in [-0.4, -0.2) is 30.8 Å². The minimum atomic E-state index is -0.547. The molecule has 3 rings (SSSR count). The van der Waals surface area contributed by atoms with E-state index in [4.69, 9.17) is 14.2 Å². The van der Waals surface area contributed by atoms with Crippen molar-refractivity contribution in [1.29, 1.82) is 0 Å². The smallest absolute Gasteiger partial charge is 0.407 e. The number of carbonyl (C=O) groups is 2. The zero-order valence-electron chi connectivity index (χ0n) is 17.3. The van der Waals surface area contributed by atoms with Gasteiger partial charge in [0.2, 0.25) is 0 Å². The molecule has 0 aliphatic carbocycles. The Hall–Kier alpha value is -3.54. The standard InChI is InChI=1S/C24H25NO5/c1-24(2,3)30-23(27)25-15-16-28-20-13-7-12-19-18(20)11-8-14-21(19)29-22(26)17-9-5-4-6-10-17/h4-14H,15-16H2,1-3H3,(H,25,27). The van der Waals surface area contributed by atoms with E-state index < -0.39 is 17.7 Å². The van der Waals surface area contributed by atoms with E-state index in [1.165, 1.54) is 0 Å². The summed E-state index contributed by atoms with van der Waals surface area (Å²) in [5.41, 5.74) is -0.0659. The topological polar surface area (TPSA) is 73.9 Å². The first-order valence-corrected chi connectivity index (χ1v) is 9.72. The first-order valence-electron chi connectivity index (χ1n) is 9.72. The van der Waals surface area contributed by atoms with Crippen LogP contribution >= 0.6 is 0 Å². The number of rotatable bonds is 6. The van der Waals surface area contributed by atoms with Crippen molar-refractivity contribution in [3.63, 3.8) is 0 Å². The second-order valence-electron chi connectivity index (χ2n) is 7.64. The maximum Gasteiger partial charge on any atom is 0.407 e. The Morgan fingerprint density at radius 3 is 2.13 bits per heavy atom. The molecule has 156 valence electrons. The maximum atomic E-state index is 12.4. The summed E-state index contributed by atoms with van der Waals surface area (Å²) in [5.74, 6) is 0.672. The molecule has 0 atom stereocenters. The molecule has 0 aliphatic rings. The van der Waals surface area contributed by atoms with Gasteiger partial charge >= 0.3 is 12.1 Å². The Bertz CT molecular complexity index is 1020. The number of fused-ring (bicyclic) bond motifs is 1. The van der Waals surface area contributed by atoms with Crippen LogP contribution < -0.4 is 14.8 Å². The number of carbonyl (C=O) groups excluding carboxylic acids is 2. The van der Waals surface area contributed by atoms with Crippen molar-refractivity contribution in [2.45, 2.75) is 26.4 Å². The molecule has 0 aromatic heterocycles. The third kappa shape index (κ3) is 5.73. The van der Waals surface area contributed by atoms with Crippen LogP contribution in [-0.2, 0) is 4.74 Å². The Morgan fingerprint density at radius 2 is 1.47 bits per heavy atom. The van der Waals surface area contributed by atoms with Crippen LogP contribution in [0.1, 0.15) is 31.1 Å². The maximum absolute atomic E-state index is 12.4. The van der Waals surface area contributed by atoms with E-state index in [0.29, 0.717) is 23.6 Å². The zero-order valence-corrected chi connectivity index (χ0v) is 17.3. The Labute approximate surface area is 175 Å². The normalized spacial score (nSPS) is 11.0. The summed E-state index contributed by atoms with van der Waals surface area (Å²) in [6, 6.07) is 19.8. The average molecular weight is 407 g/mol. The predicted molar refractivity (Wildman–Crippen MR) is 115 cm³/mol. The van der Waals surface area contributed by atoms with Gasteiger partial charge < -0.3 is 19.5 Å². The summed E-state index contributed by atoms with van der Waals surface area (Å²) in [6.45, 7) is 5.99. The number of ether oxygens (including phenoxy) is 3. The van der Waals surface area contributed by atoms with Crippen molar-refractivity contribution in [2.75, 3.05) is 13.2 Å². The molecular formula is C24H25NO5. The Kier molecular flexibility index (Phi) is 6.57. The van der Waals surface area contributed by atoms with E-state index in [0.717, 1.165) is 10.8 Å². The van der Waals surface area contributed by atoms with E-state index in [9.17, 15) is 9.59 Å². The highest BCUT2D eigenvalue weighted by Crippen LogP contribution is 2.32. The number of alkyl carbamates (subject to hydrolysis) is 1. The van der Waals surface area contributed by atoms with Crippen LogP contribution in [0.2, 0.25) is 0 Å². The van der Waals surface area contributed by atoms with Crippen LogP contribution in [0.25, 0.3) is 10.8 Å². The molecule has 0 saturated carbocycles. The fraction of sp³-hybridized carbons (Fsp3) is 0.250. The molecule has 0 fully saturated rings. The molecule has 0 spiro atoms. The molecule has 0 unspecified atom stereocenters. The molecule has 0 saturated heterocycles. The molecule has 6 nitrogen and oxygen atoms in total. The monoisotopic (exact) mass is 407 g/mol. The van der Waals surface area contributed by atoms with Crippen molar-refractivity contribution in [2.24, 2.45) is 0 Å². The lowest BCUT2D eigenvalue weighted by molar-refractivity contribution is 0.0520. The predicted octanol–water partition coefficient (Wildman–Crippen LogP) is 4.96.